The lowest BCUT2D eigenvalue weighted by Crippen LogP contribution is -2.09. The van der Waals surface area contributed by atoms with Crippen molar-refractivity contribution in [2.45, 2.75) is 20.8 Å². The van der Waals surface area contributed by atoms with Gasteiger partial charge in [-0.1, -0.05) is 13.8 Å². The minimum atomic E-state index is 1.09. The fourth-order valence-corrected chi connectivity index (χ4v) is 0.797. The van der Waals surface area contributed by atoms with Crippen molar-refractivity contribution < 1.29 is 0 Å². The van der Waals surface area contributed by atoms with Crippen LogP contribution >= 0.6 is 0 Å². The average Bonchev–Trinajstić information content (AvgIpc) is 2.39. The lowest BCUT2D eigenvalue weighted by Gasteiger charge is -1.89. The predicted octanol–water partition coefficient (Wildman–Crippen LogP) is 1.95. The van der Waals surface area contributed by atoms with Gasteiger partial charge in [-0.05, 0) is 32.1 Å². The van der Waals surface area contributed by atoms with E-state index in [1.165, 1.54) is 5.69 Å². The average molecular weight is 168 g/mol. The van der Waals surface area contributed by atoms with Crippen LogP contribution in [-0.2, 0) is 7.05 Å². The van der Waals surface area contributed by atoms with Crippen LogP contribution in [0.15, 0.2) is 18.3 Å². The third-order valence-electron chi connectivity index (χ3n) is 1.70. The first kappa shape index (κ1) is 11.2. The van der Waals surface area contributed by atoms with Gasteiger partial charge in [-0.3, -0.25) is 0 Å². The van der Waals surface area contributed by atoms with Crippen LogP contribution in [0.3, 0.4) is 0 Å². The van der Waals surface area contributed by atoms with E-state index in [-0.39, 0.29) is 0 Å². The van der Waals surface area contributed by atoms with Gasteiger partial charge in [0.2, 0.25) is 0 Å². The summed E-state index contributed by atoms with van der Waals surface area (Å²) in [5, 5.41) is 3.11. The molecular weight excluding hydrogens is 148 g/mol. The van der Waals surface area contributed by atoms with Crippen LogP contribution in [0.25, 0.3) is 0 Å². The Bertz CT molecular complexity index is 173. The molecule has 1 aromatic rings. The lowest BCUT2D eigenvalue weighted by molar-refractivity contribution is 0.762. The molecule has 0 aliphatic carbocycles. The van der Waals surface area contributed by atoms with Gasteiger partial charge in [-0.25, -0.2) is 0 Å². The molecule has 0 bridgehead atoms. The molecule has 0 aromatic carbocycles. The highest BCUT2D eigenvalue weighted by Crippen LogP contribution is 1.93. The van der Waals surface area contributed by atoms with Crippen molar-refractivity contribution in [2.24, 2.45) is 7.05 Å². The highest BCUT2D eigenvalue weighted by atomic mass is 14.9. The van der Waals surface area contributed by atoms with E-state index in [0.717, 1.165) is 13.1 Å². The van der Waals surface area contributed by atoms with Gasteiger partial charge >= 0.3 is 0 Å². The zero-order chi connectivity index (χ0) is 9.40. The maximum absolute atomic E-state index is 3.11. The second-order valence-corrected chi connectivity index (χ2v) is 2.72. The molecule has 1 heterocycles. The Labute approximate surface area is 75.6 Å². The number of hydrogen-bond acceptors (Lipinski definition) is 1. The van der Waals surface area contributed by atoms with E-state index in [1.807, 2.05) is 19.3 Å². The summed E-state index contributed by atoms with van der Waals surface area (Å²) in [5.74, 6) is 0. The van der Waals surface area contributed by atoms with Crippen molar-refractivity contribution in [1.82, 2.24) is 9.88 Å². The molecule has 12 heavy (non-hydrogen) atoms. The smallest absolute Gasteiger partial charge is 0.0140 e. The number of aromatic nitrogens is 1. The Morgan fingerprint density at radius 2 is 1.92 bits per heavy atom. The molecule has 2 heteroatoms. The summed E-state index contributed by atoms with van der Waals surface area (Å²) in [4.78, 5) is 0. The molecule has 0 aliphatic heterocycles. The third kappa shape index (κ3) is 4.97. The van der Waals surface area contributed by atoms with E-state index in [1.54, 1.807) is 0 Å². The van der Waals surface area contributed by atoms with Crippen molar-refractivity contribution in [2.75, 3.05) is 13.1 Å². The second-order valence-electron chi connectivity index (χ2n) is 2.72. The predicted molar refractivity (Wildman–Crippen MR) is 54.4 cm³/mol. The van der Waals surface area contributed by atoms with E-state index in [2.05, 4.69) is 36.7 Å². The quantitative estimate of drug-likeness (QED) is 0.714. The fraction of sp³-hybridized carbons (Fsp3) is 0.600. The monoisotopic (exact) mass is 168 g/mol. The van der Waals surface area contributed by atoms with E-state index in [4.69, 9.17) is 0 Å². The zero-order valence-electron chi connectivity index (χ0n) is 8.59. The number of nitrogens with one attached hydrogen (secondary N) is 1. The molecule has 1 aromatic heterocycles. The Morgan fingerprint density at radius 3 is 2.00 bits per heavy atom. The summed E-state index contributed by atoms with van der Waals surface area (Å²) in [7, 11) is 2.04. The Balaban J connectivity index is 0.000000217. The van der Waals surface area contributed by atoms with Gasteiger partial charge in [0.1, 0.15) is 0 Å². The summed E-state index contributed by atoms with van der Waals surface area (Å²) in [6.07, 6.45) is 2.04. The molecule has 0 atom stereocenters. The number of hydrogen-bond donors (Lipinski definition) is 1. The molecular formula is C10H20N2. The Morgan fingerprint density at radius 1 is 1.33 bits per heavy atom. The molecule has 2 nitrogen and oxygen atoms in total. The van der Waals surface area contributed by atoms with Crippen LogP contribution in [0.1, 0.15) is 19.5 Å². The van der Waals surface area contributed by atoms with Crippen molar-refractivity contribution in [3.8, 4) is 0 Å². The van der Waals surface area contributed by atoms with Gasteiger partial charge < -0.3 is 9.88 Å². The topological polar surface area (TPSA) is 17.0 Å². The summed E-state index contributed by atoms with van der Waals surface area (Å²) in [6, 6.07) is 4.12. The molecule has 1 rings (SSSR count). The van der Waals surface area contributed by atoms with Crippen molar-refractivity contribution in [3.05, 3.63) is 24.0 Å². The summed E-state index contributed by atoms with van der Waals surface area (Å²) in [5.41, 5.74) is 1.31. The molecule has 70 valence electrons. The van der Waals surface area contributed by atoms with Gasteiger partial charge in [-0.2, -0.15) is 0 Å². The maximum Gasteiger partial charge on any atom is 0.0140 e. The maximum atomic E-state index is 3.11. The SMILES string of the molecule is CCNCC.Cc1cccn1C. The number of nitrogens with zero attached hydrogens (tertiary/aromatic N) is 1. The van der Waals surface area contributed by atoms with E-state index >= 15 is 0 Å². The molecule has 0 fully saturated rings. The molecule has 0 radical (unpaired) electrons. The van der Waals surface area contributed by atoms with E-state index < -0.39 is 0 Å². The second kappa shape index (κ2) is 6.92. The number of rotatable bonds is 2. The number of aryl methyl sites for hydroxylation is 2. The van der Waals surface area contributed by atoms with Gasteiger partial charge in [0, 0.05) is 18.9 Å². The minimum absolute atomic E-state index is 1.09. The molecule has 0 spiro atoms. The zero-order valence-corrected chi connectivity index (χ0v) is 8.59. The van der Waals surface area contributed by atoms with Crippen LogP contribution in [0.4, 0.5) is 0 Å². The van der Waals surface area contributed by atoms with Crippen molar-refractivity contribution in [1.29, 1.82) is 0 Å². The highest BCUT2D eigenvalue weighted by molar-refractivity contribution is 5.02. The first-order valence-corrected chi connectivity index (χ1v) is 4.51. The van der Waals surface area contributed by atoms with Crippen molar-refractivity contribution >= 4 is 0 Å². The van der Waals surface area contributed by atoms with Gasteiger partial charge in [0.05, 0.1) is 0 Å². The van der Waals surface area contributed by atoms with E-state index in [9.17, 15) is 0 Å². The molecule has 0 aliphatic rings. The van der Waals surface area contributed by atoms with Crippen LogP contribution in [0, 0.1) is 6.92 Å². The Hall–Kier alpha value is -0.760. The fourth-order valence-electron chi connectivity index (χ4n) is 0.797. The molecule has 0 amide bonds. The van der Waals surface area contributed by atoms with E-state index in [0.29, 0.717) is 0 Å². The van der Waals surface area contributed by atoms with Gasteiger partial charge in [0.15, 0.2) is 0 Å². The van der Waals surface area contributed by atoms with Crippen LogP contribution in [0.5, 0.6) is 0 Å². The minimum Gasteiger partial charge on any atom is -0.355 e. The van der Waals surface area contributed by atoms with Crippen LogP contribution in [0.2, 0.25) is 0 Å². The third-order valence-corrected chi connectivity index (χ3v) is 1.70. The normalized spacial score (nSPS) is 9.00. The standard InChI is InChI=1S/C6H9N.C4H11N/c1-6-4-3-5-7(6)2;1-3-5-4-2/h3-5H,1-2H3;5H,3-4H2,1-2H3. The van der Waals surface area contributed by atoms with Crippen molar-refractivity contribution in [3.63, 3.8) is 0 Å². The molecule has 0 saturated carbocycles. The first-order chi connectivity index (χ1) is 5.72. The molecule has 1 N–H and O–H groups in total. The van der Waals surface area contributed by atoms with Gasteiger partial charge in [-0.15, -0.1) is 0 Å². The molecule has 0 unspecified atom stereocenters. The molecule has 0 saturated heterocycles. The van der Waals surface area contributed by atoms with Crippen LogP contribution in [-0.4, -0.2) is 17.7 Å². The van der Waals surface area contributed by atoms with Crippen LogP contribution < -0.4 is 5.32 Å². The first-order valence-electron chi connectivity index (χ1n) is 4.51. The highest BCUT2D eigenvalue weighted by Gasteiger charge is 1.82. The Kier molecular flexibility index (Phi) is 6.48. The lowest BCUT2D eigenvalue weighted by atomic mass is 10.5. The van der Waals surface area contributed by atoms with Gasteiger partial charge in [0.25, 0.3) is 0 Å². The summed E-state index contributed by atoms with van der Waals surface area (Å²) >= 11 is 0. The summed E-state index contributed by atoms with van der Waals surface area (Å²) in [6.45, 7) is 8.47. The largest absolute Gasteiger partial charge is 0.355 e. The summed E-state index contributed by atoms with van der Waals surface area (Å²) < 4.78 is 2.08.